The van der Waals surface area contributed by atoms with Crippen LogP contribution in [0, 0.1) is 5.92 Å². The monoisotopic (exact) mass is 855 g/mol. The van der Waals surface area contributed by atoms with Crippen molar-refractivity contribution >= 4 is 115 Å². The van der Waals surface area contributed by atoms with E-state index in [9.17, 15) is 0 Å². The Hall–Kier alpha value is -8.60. The molecule has 67 heavy (non-hydrogen) atoms. The average Bonchev–Trinajstić information content (AvgIpc) is 3.90. The van der Waals surface area contributed by atoms with Crippen LogP contribution >= 0.6 is 0 Å². The second-order valence-electron chi connectivity index (χ2n) is 18.1. The molecule has 11 aromatic carbocycles. The number of rotatable bonds is 4. The summed E-state index contributed by atoms with van der Waals surface area (Å²) in [6, 6.07) is 74.7. The van der Waals surface area contributed by atoms with Crippen LogP contribution in [0.25, 0.3) is 109 Å². The molecule has 1 aliphatic heterocycles. The molecular weight excluding hydrogens is 815 g/mol. The van der Waals surface area contributed by atoms with Crippen molar-refractivity contribution < 1.29 is 4.42 Å². The van der Waals surface area contributed by atoms with Gasteiger partial charge in [-0.1, -0.05) is 171 Å². The standard InChI is InChI=1S/C63H41N3O/c1-38-22-31-56(55-36-54-52-19-9-11-21-60(52)67-61(54)37-59(55)66-57-20-10-8-18-51(57)53-34-41-14-2-3-15-42(41)35-58(53)66)64-63(46-28-30-50-44(33-46)26-24-40-13-5-7-17-48(40)50)65-62(38)45-27-29-49-43(32-45)25-23-39-12-4-6-16-47(39)49/h2-21,23-38H,22H2,1H3/b56-31+,64-63-,65-62+. The lowest BCUT2D eigenvalue weighted by Gasteiger charge is -2.21. The van der Waals surface area contributed by atoms with E-state index in [1.165, 1.54) is 59.2 Å². The smallest absolute Gasteiger partial charge is 0.160 e. The number of amidine groups is 1. The summed E-state index contributed by atoms with van der Waals surface area (Å²) < 4.78 is 9.10. The summed E-state index contributed by atoms with van der Waals surface area (Å²) in [6.07, 6.45) is 3.09. The molecule has 14 rings (SSSR count). The number of aromatic nitrogens is 1. The van der Waals surface area contributed by atoms with Gasteiger partial charge in [-0.3, -0.25) is 0 Å². The molecule has 3 heterocycles. The SMILES string of the molecule is CC1C/C=C(c2cc3c(cc2-n2c4ccccc4c4cc5ccccc5cc42)oc2ccccc23)/N=C(c2ccc3c(ccc4ccccc43)c2)\N=C/1c1ccc2c(ccc3ccccc32)c1. The Kier molecular flexibility index (Phi) is 8.29. The fraction of sp³-hybridized carbons (Fsp3) is 0.0476. The number of para-hydroxylation sites is 2. The third-order valence-corrected chi connectivity index (χ3v) is 14.2. The maximum atomic E-state index is 6.68. The van der Waals surface area contributed by atoms with Crippen molar-refractivity contribution in [3.63, 3.8) is 0 Å². The van der Waals surface area contributed by atoms with Crippen LogP contribution in [0.5, 0.6) is 0 Å². The van der Waals surface area contributed by atoms with Gasteiger partial charge in [0.1, 0.15) is 11.2 Å². The van der Waals surface area contributed by atoms with Gasteiger partial charge >= 0.3 is 0 Å². The van der Waals surface area contributed by atoms with E-state index in [0.29, 0.717) is 5.84 Å². The van der Waals surface area contributed by atoms with E-state index in [1.807, 2.05) is 6.07 Å². The molecular formula is C63H41N3O. The molecule has 1 aliphatic rings. The Balaban J connectivity index is 1.04. The topological polar surface area (TPSA) is 42.8 Å². The largest absolute Gasteiger partial charge is 0.456 e. The van der Waals surface area contributed by atoms with Gasteiger partial charge in [0.2, 0.25) is 0 Å². The minimum atomic E-state index is 0.0735. The molecule has 4 nitrogen and oxygen atoms in total. The number of benzene rings is 11. The first-order valence-corrected chi connectivity index (χ1v) is 23.2. The second-order valence-corrected chi connectivity index (χ2v) is 18.1. The number of aliphatic imine (C=N–C) groups is 2. The van der Waals surface area contributed by atoms with Gasteiger partial charge in [-0.05, 0) is 108 Å². The summed E-state index contributed by atoms with van der Waals surface area (Å²) in [4.78, 5) is 11.5. The summed E-state index contributed by atoms with van der Waals surface area (Å²) in [5.74, 6) is 0.752. The molecule has 0 aliphatic carbocycles. The highest BCUT2D eigenvalue weighted by Crippen LogP contribution is 2.42. The summed E-state index contributed by atoms with van der Waals surface area (Å²) >= 11 is 0. The van der Waals surface area contributed by atoms with Crippen molar-refractivity contribution in [2.24, 2.45) is 15.9 Å². The van der Waals surface area contributed by atoms with E-state index in [0.717, 1.165) is 78.6 Å². The molecule has 0 amide bonds. The molecule has 0 radical (unpaired) electrons. The zero-order valence-corrected chi connectivity index (χ0v) is 36.7. The molecule has 4 heteroatoms. The van der Waals surface area contributed by atoms with Gasteiger partial charge in [-0.15, -0.1) is 0 Å². The highest BCUT2D eigenvalue weighted by Gasteiger charge is 2.24. The van der Waals surface area contributed by atoms with Crippen LogP contribution in [0.2, 0.25) is 0 Å². The Morgan fingerprint density at radius 1 is 0.418 bits per heavy atom. The van der Waals surface area contributed by atoms with Crippen LogP contribution in [0.15, 0.2) is 227 Å². The van der Waals surface area contributed by atoms with Gasteiger partial charge in [0, 0.05) is 44.7 Å². The maximum absolute atomic E-state index is 6.68. The van der Waals surface area contributed by atoms with E-state index in [-0.39, 0.29) is 5.92 Å². The van der Waals surface area contributed by atoms with Gasteiger partial charge in [-0.25, -0.2) is 9.98 Å². The quantitative estimate of drug-likeness (QED) is 0.163. The van der Waals surface area contributed by atoms with E-state index < -0.39 is 0 Å². The summed E-state index contributed by atoms with van der Waals surface area (Å²) in [6.45, 7) is 2.30. The lowest BCUT2D eigenvalue weighted by molar-refractivity contribution is 0.668. The molecule has 314 valence electrons. The summed E-state index contributed by atoms with van der Waals surface area (Å²) in [5.41, 5.74) is 9.94. The third-order valence-electron chi connectivity index (χ3n) is 14.2. The third kappa shape index (κ3) is 6.00. The van der Waals surface area contributed by atoms with E-state index in [4.69, 9.17) is 14.4 Å². The van der Waals surface area contributed by atoms with Crippen molar-refractivity contribution in [1.82, 2.24) is 4.57 Å². The van der Waals surface area contributed by atoms with E-state index >= 15 is 0 Å². The Morgan fingerprint density at radius 3 is 1.75 bits per heavy atom. The van der Waals surface area contributed by atoms with Crippen molar-refractivity contribution in [3.8, 4) is 5.69 Å². The normalized spacial score (nSPS) is 17.0. The number of furan rings is 1. The van der Waals surface area contributed by atoms with Crippen molar-refractivity contribution in [2.45, 2.75) is 13.3 Å². The molecule has 2 aromatic heterocycles. The Labute approximate surface area is 386 Å². The number of hydrogen-bond donors (Lipinski definition) is 0. The van der Waals surface area contributed by atoms with Crippen LogP contribution in [-0.4, -0.2) is 16.1 Å². The van der Waals surface area contributed by atoms with Gasteiger partial charge in [0.05, 0.1) is 28.1 Å². The second kappa shape index (κ2) is 14.7. The molecule has 1 unspecified atom stereocenters. The summed E-state index contributed by atoms with van der Waals surface area (Å²) in [5, 5.41) is 16.7. The lowest BCUT2D eigenvalue weighted by Crippen LogP contribution is -2.17. The maximum Gasteiger partial charge on any atom is 0.160 e. The van der Waals surface area contributed by atoms with Gasteiger partial charge in [-0.2, -0.15) is 0 Å². The molecule has 0 saturated heterocycles. The molecule has 0 saturated carbocycles. The number of fused-ring (bicyclic) bond motifs is 13. The molecule has 0 N–H and O–H groups in total. The fourth-order valence-electron chi connectivity index (χ4n) is 10.8. The van der Waals surface area contributed by atoms with Crippen LogP contribution in [0.1, 0.15) is 30.0 Å². The lowest BCUT2D eigenvalue weighted by atomic mass is 9.91. The van der Waals surface area contributed by atoms with Crippen molar-refractivity contribution in [2.75, 3.05) is 0 Å². The highest BCUT2D eigenvalue weighted by molar-refractivity contribution is 6.19. The molecule has 13 aromatic rings. The summed E-state index contributed by atoms with van der Waals surface area (Å²) in [7, 11) is 0. The Bertz CT molecular complexity index is 4330. The first-order chi connectivity index (χ1) is 33.1. The van der Waals surface area contributed by atoms with Crippen LogP contribution in [-0.2, 0) is 0 Å². The molecule has 1 atom stereocenters. The van der Waals surface area contributed by atoms with Gasteiger partial charge in [0.15, 0.2) is 5.84 Å². The first-order valence-electron chi connectivity index (χ1n) is 23.2. The number of allylic oxidation sites excluding steroid dienone is 1. The van der Waals surface area contributed by atoms with Gasteiger partial charge in [0.25, 0.3) is 0 Å². The predicted octanol–water partition coefficient (Wildman–Crippen LogP) is 16.8. The molecule has 0 spiro atoms. The molecule has 0 fully saturated rings. The van der Waals surface area contributed by atoms with Crippen LogP contribution in [0.3, 0.4) is 0 Å². The molecule has 0 bridgehead atoms. The van der Waals surface area contributed by atoms with Crippen LogP contribution in [0.4, 0.5) is 0 Å². The number of nitrogens with zero attached hydrogens (tertiary/aromatic N) is 3. The van der Waals surface area contributed by atoms with Crippen LogP contribution < -0.4 is 0 Å². The van der Waals surface area contributed by atoms with Gasteiger partial charge < -0.3 is 8.98 Å². The predicted molar refractivity (Wildman–Crippen MR) is 283 cm³/mol. The first kappa shape index (κ1) is 37.7. The highest BCUT2D eigenvalue weighted by atomic mass is 16.3. The van der Waals surface area contributed by atoms with E-state index in [2.05, 4.69) is 218 Å². The number of hydrogen-bond acceptors (Lipinski definition) is 3. The fourth-order valence-corrected chi connectivity index (χ4v) is 10.8. The average molecular weight is 856 g/mol. The van der Waals surface area contributed by atoms with E-state index in [1.54, 1.807) is 0 Å². The van der Waals surface area contributed by atoms with Crippen molar-refractivity contribution in [1.29, 1.82) is 0 Å². The minimum absolute atomic E-state index is 0.0735. The minimum Gasteiger partial charge on any atom is -0.456 e. The zero-order valence-electron chi connectivity index (χ0n) is 36.7. The Morgan fingerprint density at radius 2 is 1.00 bits per heavy atom. The zero-order chi connectivity index (χ0) is 44.2. The van der Waals surface area contributed by atoms with Crippen molar-refractivity contribution in [3.05, 3.63) is 229 Å².